The molecule has 0 saturated heterocycles. The molecule has 0 radical (unpaired) electrons. The zero-order valence-corrected chi connectivity index (χ0v) is 50.1. The number of unbranched alkanes of at least 4 members (excludes halogenated alkanes) is 48. The molecule has 1 amide bonds. The zero-order valence-electron chi connectivity index (χ0n) is 50.1. The van der Waals surface area contributed by atoms with Gasteiger partial charge in [0.15, 0.2) is 0 Å². The van der Waals surface area contributed by atoms with Gasteiger partial charge < -0.3 is 20.3 Å². The van der Waals surface area contributed by atoms with Gasteiger partial charge in [0.05, 0.1) is 25.4 Å². The van der Waals surface area contributed by atoms with Crippen LogP contribution in [-0.4, -0.2) is 47.4 Å². The SMILES string of the molecule is CCCCCCCCC/C=C\CCCCCCCCCC(=O)OCCCCCCCCCCC/C=C\CCCCCCCC(=O)NC(CO)C(O)CCCCCCCCCCCCCCCCCCCCCCC. The van der Waals surface area contributed by atoms with Crippen molar-refractivity contribution in [1.82, 2.24) is 5.32 Å². The van der Waals surface area contributed by atoms with Crippen LogP contribution in [0.2, 0.25) is 0 Å². The fraction of sp³-hybridized carbons (Fsp3) is 0.912. The molecule has 0 aromatic rings. The normalized spacial score (nSPS) is 12.6. The van der Waals surface area contributed by atoms with Crippen LogP contribution in [0, 0.1) is 0 Å². The topological polar surface area (TPSA) is 95.9 Å². The minimum absolute atomic E-state index is 0.00104. The minimum Gasteiger partial charge on any atom is -0.466 e. The summed E-state index contributed by atoms with van der Waals surface area (Å²) >= 11 is 0. The first kappa shape index (κ1) is 72.3. The summed E-state index contributed by atoms with van der Waals surface area (Å²) in [6.07, 6.45) is 79.1. The van der Waals surface area contributed by atoms with E-state index in [0.717, 1.165) is 57.8 Å². The predicted molar refractivity (Wildman–Crippen MR) is 324 cm³/mol. The van der Waals surface area contributed by atoms with Gasteiger partial charge in [0.25, 0.3) is 0 Å². The maximum Gasteiger partial charge on any atom is 0.305 e. The van der Waals surface area contributed by atoms with Crippen molar-refractivity contribution in [2.24, 2.45) is 0 Å². The zero-order chi connectivity index (χ0) is 53.6. The van der Waals surface area contributed by atoms with Crippen molar-refractivity contribution in [3.63, 3.8) is 0 Å². The molecule has 0 aromatic heterocycles. The summed E-state index contributed by atoms with van der Waals surface area (Å²) in [6, 6.07) is -0.553. The molecular formula is C68H131NO5. The van der Waals surface area contributed by atoms with E-state index in [1.165, 1.54) is 283 Å². The van der Waals surface area contributed by atoms with E-state index < -0.39 is 12.1 Å². The Labute approximate surface area is 462 Å². The average Bonchev–Trinajstić information content (AvgIpc) is 3.40. The molecule has 0 fully saturated rings. The van der Waals surface area contributed by atoms with E-state index in [4.69, 9.17) is 4.74 Å². The van der Waals surface area contributed by atoms with Gasteiger partial charge >= 0.3 is 5.97 Å². The Hall–Kier alpha value is -1.66. The number of hydrogen-bond acceptors (Lipinski definition) is 5. The summed E-state index contributed by atoms with van der Waals surface area (Å²) in [6.45, 7) is 4.97. The van der Waals surface area contributed by atoms with Crippen LogP contribution in [0.4, 0.5) is 0 Å². The van der Waals surface area contributed by atoms with Gasteiger partial charge in [0, 0.05) is 12.8 Å². The van der Waals surface area contributed by atoms with Crippen LogP contribution in [0.15, 0.2) is 24.3 Å². The molecule has 2 unspecified atom stereocenters. The first-order valence-corrected chi connectivity index (χ1v) is 33.6. The van der Waals surface area contributed by atoms with Crippen molar-refractivity contribution in [1.29, 1.82) is 0 Å². The van der Waals surface area contributed by atoms with Crippen LogP contribution in [0.1, 0.15) is 373 Å². The molecule has 0 bridgehead atoms. The molecule has 2 atom stereocenters. The Morgan fingerprint density at radius 2 is 0.635 bits per heavy atom. The van der Waals surface area contributed by atoms with E-state index in [-0.39, 0.29) is 18.5 Å². The first-order chi connectivity index (χ1) is 36.5. The molecule has 0 spiro atoms. The van der Waals surface area contributed by atoms with Crippen LogP contribution < -0.4 is 5.32 Å². The lowest BCUT2D eigenvalue weighted by Gasteiger charge is -2.22. The monoisotopic (exact) mass is 1040 g/mol. The fourth-order valence-corrected chi connectivity index (χ4v) is 10.6. The van der Waals surface area contributed by atoms with Gasteiger partial charge in [0.1, 0.15) is 0 Å². The maximum absolute atomic E-state index is 12.5. The number of rotatable bonds is 63. The van der Waals surface area contributed by atoms with Gasteiger partial charge in [-0.3, -0.25) is 9.59 Å². The van der Waals surface area contributed by atoms with E-state index >= 15 is 0 Å². The van der Waals surface area contributed by atoms with E-state index in [2.05, 4.69) is 43.5 Å². The lowest BCUT2D eigenvalue weighted by molar-refractivity contribution is -0.143. The van der Waals surface area contributed by atoms with Crippen molar-refractivity contribution >= 4 is 11.9 Å². The summed E-state index contributed by atoms with van der Waals surface area (Å²) in [7, 11) is 0. The lowest BCUT2D eigenvalue weighted by atomic mass is 10.0. The molecule has 0 rings (SSSR count). The second kappa shape index (κ2) is 63.9. The van der Waals surface area contributed by atoms with Gasteiger partial charge in [-0.15, -0.1) is 0 Å². The highest BCUT2D eigenvalue weighted by atomic mass is 16.5. The number of aliphatic hydroxyl groups excluding tert-OH is 2. The Morgan fingerprint density at radius 3 is 0.959 bits per heavy atom. The van der Waals surface area contributed by atoms with Crippen molar-refractivity contribution in [3.05, 3.63) is 24.3 Å². The Kier molecular flexibility index (Phi) is 62.4. The molecule has 0 aliphatic heterocycles. The number of ether oxygens (including phenoxy) is 1. The third kappa shape index (κ3) is 59.6. The summed E-state index contributed by atoms with van der Waals surface area (Å²) in [5.41, 5.74) is 0. The highest BCUT2D eigenvalue weighted by Crippen LogP contribution is 2.18. The van der Waals surface area contributed by atoms with Crippen LogP contribution >= 0.6 is 0 Å². The standard InChI is InChI=1S/C68H131NO5/c1-3-5-7-9-11-13-15-17-19-21-23-24-25-28-32-36-40-44-48-52-56-60-66(71)65(64-70)69-67(72)61-57-53-49-45-41-37-33-29-26-27-31-35-39-43-47-51-55-59-63-74-68(73)62-58-54-50-46-42-38-34-30-22-20-18-16-14-12-10-8-6-4-2/h20,22,29,33,65-66,70-71H,3-19,21,23-28,30-32,34-64H2,1-2H3,(H,69,72)/b22-20-,33-29-. The van der Waals surface area contributed by atoms with Gasteiger partial charge in [-0.25, -0.2) is 0 Å². The second-order valence-electron chi connectivity index (χ2n) is 23.1. The van der Waals surface area contributed by atoms with Gasteiger partial charge in [0.2, 0.25) is 5.91 Å². The summed E-state index contributed by atoms with van der Waals surface area (Å²) in [5.74, 6) is -0.0446. The number of amides is 1. The van der Waals surface area contributed by atoms with E-state index in [9.17, 15) is 19.8 Å². The molecule has 74 heavy (non-hydrogen) atoms. The Morgan fingerprint density at radius 1 is 0.365 bits per heavy atom. The summed E-state index contributed by atoms with van der Waals surface area (Å²) < 4.78 is 5.49. The highest BCUT2D eigenvalue weighted by molar-refractivity contribution is 5.76. The number of carbonyl (C=O) groups is 2. The molecular weight excluding hydrogens is 911 g/mol. The number of esters is 1. The molecule has 0 aromatic carbocycles. The number of nitrogens with one attached hydrogen (secondary N) is 1. The fourth-order valence-electron chi connectivity index (χ4n) is 10.6. The maximum atomic E-state index is 12.5. The third-order valence-corrected chi connectivity index (χ3v) is 15.7. The quantitative estimate of drug-likeness (QED) is 0.0320. The molecule has 0 aliphatic carbocycles. The van der Waals surface area contributed by atoms with Crippen molar-refractivity contribution < 1.29 is 24.5 Å². The molecule has 438 valence electrons. The molecule has 6 nitrogen and oxygen atoms in total. The van der Waals surface area contributed by atoms with Crippen LogP contribution in [0.25, 0.3) is 0 Å². The number of aliphatic hydroxyl groups is 2. The van der Waals surface area contributed by atoms with Gasteiger partial charge in [-0.1, -0.05) is 308 Å². The van der Waals surface area contributed by atoms with Crippen LogP contribution in [0.3, 0.4) is 0 Å². The van der Waals surface area contributed by atoms with Crippen LogP contribution in [-0.2, 0) is 14.3 Å². The van der Waals surface area contributed by atoms with Crippen molar-refractivity contribution in [2.75, 3.05) is 13.2 Å². The van der Waals surface area contributed by atoms with Gasteiger partial charge in [-0.05, 0) is 77.0 Å². The summed E-state index contributed by atoms with van der Waals surface area (Å²) in [4.78, 5) is 24.6. The number of carbonyl (C=O) groups excluding carboxylic acids is 2. The predicted octanol–water partition coefficient (Wildman–Crippen LogP) is 21.4. The second-order valence-corrected chi connectivity index (χ2v) is 23.1. The molecule has 6 heteroatoms. The van der Waals surface area contributed by atoms with Gasteiger partial charge in [-0.2, -0.15) is 0 Å². The highest BCUT2D eigenvalue weighted by Gasteiger charge is 2.20. The van der Waals surface area contributed by atoms with Crippen LogP contribution in [0.5, 0.6) is 0 Å². The van der Waals surface area contributed by atoms with Crippen molar-refractivity contribution in [3.8, 4) is 0 Å². The average molecular weight is 1040 g/mol. The van der Waals surface area contributed by atoms with Crippen molar-refractivity contribution in [2.45, 2.75) is 386 Å². The third-order valence-electron chi connectivity index (χ3n) is 15.7. The lowest BCUT2D eigenvalue weighted by Crippen LogP contribution is -2.45. The number of hydrogen-bond donors (Lipinski definition) is 3. The van der Waals surface area contributed by atoms with E-state index in [1.807, 2.05) is 0 Å². The molecule has 0 heterocycles. The molecule has 0 aliphatic rings. The largest absolute Gasteiger partial charge is 0.466 e. The first-order valence-electron chi connectivity index (χ1n) is 33.6. The Bertz CT molecular complexity index is 1150. The Balaban J connectivity index is 3.43. The number of allylic oxidation sites excluding steroid dienone is 4. The minimum atomic E-state index is -0.674. The smallest absolute Gasteiger partial charge is 0.305 e. The van der Waals surface area contributed by atoms with E-state index in [0.29, 0.717) is 25.9 Å². The van der Waals surface area contributed by atoms with E-state index in [1.54, 1.807) is 0 Å². The molecule has 3 N–H and O–H groups in total. The summed E-state index contributed by atoms with van der Waals surface area (Å²) in [5, 5.41) is 23.4. The molecule has 0 saturated carbocycles.